The highest BCUT2D eigenvalue weighted by Gasteiger charge is 2.43. The van der Waals surface area contributed by atoms with Crippen LogP contribution in [-0.2, 0) is 4.79 Å². The van der Waals surface area contributed by atoms with Crippen molar-refractivity contribution in [3.05, 3.63) is 44.0 Å². The molecule has 0 bridgehead atoms. The summed E-state index contributed by atoms with van der Waals surface area (Å²) in [6.07, 6.45) is 7.49. The summed E-state index contributed by atoms with van der Waals surface area (Å²) in [5.41, 5.74) is 0.373. The number of rotatable bonds is 5. The molecule has 0 unspecified atom stereocenters. The van der Waals surface area contributed by atoms with E-state index in [1.165, 1.54) is 11.3 Å². The molecular formula is C23H23BrClN5O2S. The molecule has 2 fully saturated rings. The van der Waals surface area contributed by atoms with Gasteiger partial charge in [-0.1, -0.05) is 24.4 Å². The molecule has 2 amide bonds. The SMILES string of the molecule is N#CN=C1CCCCN1c1ccc(NC(=O)C2(NC(=O)c3ccc(Br)s3)CCCC2)cc1Cl. The van der Waals surface area contributed by atoms with Crippen LogP contribution in [0.1, 0.15) is 54.6 Å². The predicted molar refractivity (Wildman–Crippen MR) is 135 cm³/mol. The summed E-state index contributed by atoms with van der Waals surface area (Å²) in [7, 11) is 0. The summed E-state index contributed by atoms with van der Waals surface area (Å²) in [6.45, 7) is 0.736. The number of benzene rings is 1. The zero-order valence-electron chi connectivity index (χ0n) is 17.9. The first-order valence-electron chi connectivity index (χ1n) is 10.8. The van der Waals surface area contributed by atoms with E-state index in [9.17, 15) is 9.59 Å². The number of halogens is 2. The van der Waals surface area contributed by atoms with Crippen molar-refractivity contribution in [1.29, 1.82) is 5.26 Å². The molecule has 2 aromatic rings. The molecule has 2 heterocycles. The number of hydrogen-bond acceptors (Lipinski definition) is 5. The second-order valence-corrected chi connectivity index (χ2v) is 11.1. The summed E-state index contributed by atoms with van der Waals surface area (Å²) in [5, 5.41) is 15.4. The van der Waals surface area contributed by atoms with E-state index in [-0.39, 0.29) is 11.8 Å². The van der Waals surface area contributed by atoms with Crippen LogP contribution in [0.4, 0.5) is 11.4 Å². The topological polar surface area (TPSA) is 97.6 Å². The Labute approximate surface area is 210 Å². The van der Waals surface area contributed by atoms with Gasteiger partial charge in [-0.3, -0.25) is 9.59 Å². The average Bonchev–Trinajstić information content (AvgIpc) is 3.45. The van der Waals surface area contributed by atoms with E-state index in [1.807, 2.05) is 23.2 Å². The number of amidine groups is 1. The number of nitrogens with one attached hydrogen (secondary N) is 2. The second kappa shape index (κ2) is 10.2. The van der Waals surface area contributed by atoms with Gasteiger partial charge in [0.05, 0.1) is 19.4 Å². The van der Waals surface area contributed by atoms with E-state index in [1.54, 1.807) is 18.2 Å². The van der Waals surface area contributed by atoms with Crippen LogP contribution in [0.25, 0.3) is 0 Å². The monoisotopic (exact) mass is 547 g/mol. The van der Waals surface area contributed by atoms with Gasteiger partial charge >= 0.3 is 0 Å². The quantitative estimate of drug-likeness (QED) is 0.467. The molecule has 1 saturated carbocycles. The number of carbonyl (C=O) groups is 2. The Bertz CT molecular complexity index is 1140. The molecule has 4 rings (SSSR count). The van der Waals surface area contributed by atoms with Crippen LogP contribution >= 0.6 is 38.9 Å². The van der Waals surface area contributed by atoms with Crippen molar-refractivity contribution in [2.75, 3.05) is 16.8 Å². The number of thiophene rings is 1. The van der Waals surface area contributed by atoms with Crippen molar-refractivity contribution >= 4 is 67.9 Å². The van der Waals surface area contributed by atoms with E-state index in [0.717, 1.165) is 48.1 Å². The summed E-state index contributed by atoms with van der Waals surface area (Å²) in [5.74, 6) is 0.221. The van der Waals surface area contributed by atoms with Crippen LogP contribution in [0.5, 0.6) is 0 Å². The minimum Gasteiger partial charge on any atom is -0.337 e. The molecule has 2 aliphatic rings. The van der Waals surface area contributed by atoms with Crippen LogP contribution in [0, 0.1) is 11.5 Å². The number of carbonyl (C=O) groups excluding carboxylic acids is 2. The fraction of sp³-hybridized carbons (Fsp3) is 0.391. The Kier molecular flexibility index (Phi) is 7.37. The largest absolute Gasteiger partial charge is 0.337 e. The van der Waals surface area contributed by atoms with Crippen LogP contribution in [0.2, 0.25) is 5.02 Å². The normalized spacial score (nSPS) is 18.7. The van der Waals surface area contributed by atoms with E-state index < -0.39 is 5.54 Å². The molecule has 10 heteroatoms. The van der Waals surface area contributed by atoms with Gasteiger partial charge in [0.2, 0.25) is 12.1 Å². The molecule has 0 atom stereocenters. The highest BCUT2D eigenvalue weighted by atomic mass is 79.9. The first-order valence-corrected chi connectivity index (χ1v) is 12.8. The van der Waals surface area contributed by atoms with E-state index in [4.69, 9.17) is 16.9 Å². The molecule has 0 spiro atoms. The molecule has 33 heavy (non-hydrogen) atoms. The zero-order valence-corrected chi connectivity index (χ0v) is 21.0. The smallest absolute Gasteiger partial charge is 0.262 e. The summed E-state index contributed by atoms with van der Waals surface area (Å²) >= 11 is 11.3. The molecular weight excluding hydrogens is 526 g/mol. The summed E-state index contributed by atoms with van der Waals surface area (Å²) < 4.78 is 0.865. The Hall–Kier alpha value is -2.41. The van der Waals surface area contributed by atoms with Gasteiger partial charge in [-0.25, -0.2) is 0 Å². The molecule has 2 N–H and O–H groups in total. The number of nitriles is 1. The van der Waals surface area contributed by atoms with Gasteiger partial charge in [0.1, 0.15) is 11.4 Å². The molecule has 1 aromatic heterocycles. The molecule has 7 nitrogen and oxygen atoms in total. The first kappa shape index (κ1) is 23.7. The number of hydrogen-bond donors (Lipinski definition) is 2. The minimum atomic E-state index is -0.946. The van der Waals surface area contributed by atoms with E-state index >= 15 is 0 Å². The number of piperidine rings is 1. The maximum absolute atomic E-state index is 13.3. The van der Waals surface area contributed by atoms with Gasteiger partial charge in [0.25, 0.3) is 5.91 Å². The highest BCUT2D eigenvalue weighted by molar-refractivity contribution is 9.11. The maximum Gasteiger partial charge on any atom is 0.262 e. The third-order valence-corrected chi connectivity index (χ3v) is 7.99. The third-order valence-electron chi connectivity index (χ3n) is 6.06. The van der Waals surface area contributed by atoms with Crippen LogP contribution < -0.4 is 15.5 Å². The Morgan fingerprint density at radius 1 is 1.18 bits per heavy atom. The van der Waals surface area contributed by atoms with Crippen molar-refractivity contribution in [3.8, 4) is 6.19 Å². The lowest BCUT2D eigenvalue weighted by Crippen LogP contribution is -2.54. The van der Waals surface area contributed by atoms with Crippen molar-refractivity contribution in [2.45, 2.75) is 50.5 Å². The summed E-state index contributed by atoms with van der Waals surface area (Å²) in [4.78, 5) is 32.5. The average molecular weight is 549 g/mol. The Morgan fingerprint density at radius 2 is 1.97 bits per heavy atom. The standard InChI is InChI=1S/C23H23BrClN5O2S/c24-19-9-8-18(33-19)21(31)29-23(10-2-3-11-23)22(32)28-15-6-7-17(16(25)13-15)30-12-4-1-5-20(30)27-14-26/h6-9,13H,1-5,10-12H2,(H,28,32)(H,29,31). The molecule has 1 aliphatic carbocycles. The van der Waals surface area contributed by atoms with Crippen molar-refractivity contribution < 1.29 is 9.59 Å². The van der Waals surface area contributed by atoms with Crippen LogP contribution in [-0.4, -0.2) is 29.7 Å². The van der Waals surface area contributed by atoms with Gasteiger partial charge in [-0.15, -0.1) is 11.3 Å². The minimum absolute atomic E-state index is 0.238. The molecule has 0 radical (unpaired) electrons. The molecule has 1 aromatic carbocycles. The van der Waals surface area contributed by atoms with Crippen molar-refractivity contribution in [1.82, 2.24) is 5.32 Å². The van der Waals surface area contributed by atoms with Gasteiger partial charge in [-0.2, -0.15) is 10.3 Å². The van der Waals surface area contributed by atoms with Gasteiger partial charge in [0, 0.05) is 18.7 Å². The van der Waals surface area contributed by atoms with Gasteiger partial charge in [-0.05, 0) is 71.9 Å². The van der Waals surface area contributed by atoms with Crippen LogP contribution in [0.15, 0.2) is 39.1 Å². The second-order valence-electron chi connectivity index (χ2n) is 8.20. The lowest BCUT2D eigenvalue weighted by molar-refractivity contribution is -0.122. The molecule has 1 saturated heterocycles. The fourth-order valence-electron chi connectivity index (χ4n) is 4.41. The first-order chi connectivity index (χ1) is 15.9. The maximum atomic E-state index is 13.3. The fourth-order valence-corrected chi connectivity index (χ4v) is 5.97. The number of anilines is 2. The third kappa shape index (κ3) is 5.24. The van der Waals surface area contributed by atoms with Crippen molar-refractivity contribution in [2.24, 2.45) is 4.99 Å². The predicted octanol–water partition coefficient (Wildman–Crippen LogP) is 5.72. The van der Waals surface area contributed by atoms with Gasteiger partial charge < -0.3 is 15.5 Å². The molecule has 172 valence electrons. The lowest BCUT2D eigenvalue weighted by Gasteiger charge is -2.31. The van der Waals surface area contributed by atoms with Gasteiger partial charge in [0.15, 0.2) is 0 Å². The molecule has 1 aliphatic heterocycles. The zero-order chi connectivity index (χ0) is 23.4. The number of aliphatic imine (C=N–C) groups is 1. The Balaban J connectivity index is 1.51. The highest BCUT2D eigenvalue weighted by Crippen LogP contribution is 2.35. The number of nitrogens with zero attached hydrogens (tertiary/aromatic N) is 3. The Morgan fingerprint density at radius 3 is 2.64 bits per heavy atom. The van der Waals surface area contributed by atoms with Crippen molar-refractivity contribution in [3.63, 3.8) is 0 Å². The summed E-state index contributed by atoms with van der Waals surface area (Å²) in [6, 6.07) is 8.89. The van der Waals surface area contributed by atoms with E-state index in [2.05, 4.69) is 31.6 Å². The van der Waals surface area contributed by atoms with Crippen LogP contribution in [0.3, 0.4) is 0 Å². The number of amides is 2. The lowest BCUT2D eigenvalue weighted by atomic mass is 9.95. The van der Waals surface area contributed by atoms with E-state index in [0.29, 0.717) is 34.3 Å².